The number of hydrogen-bond acceptors (Lipinski definition) is 3. The van der Waals surface area contributed by atoms with Crippen molar-refractivity contribution in [3.05, 3.63) is 0 Å². The Labute approximate surface area is 86.8 Å². The van der Waals surface area contributed by atoms with Crippen LogP contribution in [-0.2, 0) is 4.74 Å². The van der Waals surface area contributed by atoms with Crippen molar-refractivity contribution in [2.75, 3.05) is 31.8 Å². The zero-order valence-electron chi connectivity index (χ0n) is 9.14. The Morgan fingerprint density at radius 3 is 2.62 bits per heavy atom. The molecule has 1 atom stereocenters. The molecular formula is C10H23NOS. The summed E-state index contributed by atoms with van der Waals surface area (Å²) in [5.41, 5.74) is 0. The quantitative estimate of drug-likeness (QED) is 0.583. The first kappa shape index (κ1) is 13.3. The molecule has 13 heavy (non-hydrogen) atoms. The first-order valence-electron chi connectivity index (χ1n) is 5.15. The second-order valence-corrected chi connectivity index (χ2v) is 4.09. The number of thioether (sulfide) groups is 1. The Morgan fingerprint density at radius 1 is 1.31 bits per heavy atom. The fraction of sp³-hybridized carbons (Fsp3) is 1.00. The number of nitrogens with one attached hydrogen (secondary N) is 1. The van der Waals surface area contributed by atoms with Gasteiger partial charge >= 0.3 is 0 Å². The molecule has 1 unspecified atom stereocenters. The van der Waals surface area contributed by atoms with Crippen molar-refractivity contribution < 1.29 is 4.74 Å². The van der Waals surface area contributed by atoms with Crippen LogP contribution in [0.1, 0.15) is 26.7 Å². The van der Waals surface area contributed by atoms with Crippen molar-refractivity contribution in [2.45, 2.75) is 32.7 Å². The Kier molecular flexibility index (Phi) is 10.6. The first-order valence-corrected chi connectivity index (χ1v) is 6.54. The van der Waals surface area contributed by atoms with Gasteiger partial charge in [-0.15, -0.1) is 0 Å². The highest BCUT2D eigenvalue weighted by Crippen LogP contribution is 1.98. The van der Waals surface area contributed by atoms with E-state index >= 15 is 0 Å². The molecule has 2 nitrogen and oxygen atoms in total. The summed E-state index contributed by atoms with van der Waals surface area (Å²) in [5, 5.41) is 3.48. The average Bonchev–Trinajstić information content (AvgIpc) is 2.14. The molecule has 0 spiro atoms. The number of rotatable bonds is 9. The van der Waals surface area contributed by atoms with Crippen LogP contribution in [0, 0.1) is 0 Å². The Morgan fingerprint density at radius 2 is 2.08 bits per heavy atom. The van der Waals surface area contributed by atoms with E-state index in [2.05, 4.69) is 25.4 Å². The predicted octanol–water partition coefficient (Wildman–Crippen LogP) is 2.14. The number of hydrogen-bond donors (Lipinski definition) is 1. The van der Waals surface area contributed by atoms with E-state index in [9.17, 15) is 0 Å². The van der Waals surface area contributed by atoms with E-state index in [-0.39, 0.29) is 0 Å². The normalized spacial score (nSPS) is 13.2. The molecule has 1 N–H and O–H groups in total. The highest BCUT2D eigenvalue weighted by molar-refractivity contribution is 7.98. The molecule has 0 aliphatic rings. The second kappa shape index (κ2) is 10.4. The Bertz CT molecular complexity index is 101. The van der Waals surface area contributed by atoms with Crippen LogP contribution in [-0.4, -0.2) is 37.8 Å². The zero-order chi connectivity index (χ0) is 9.94. The van der Waals surface area contributed by atoms with Gasteiger partial charge in [0.25, 0.3) is 0 Å². The molecule has 0 radical (unpaired) electrons. The molecule has 0 saturated carbocycles. The van der Waals surface area contributed by atoms with Gasteiger partial charge in [-0.05, 0) is 25.6 Å². The van der Waals surface area contributed by atoms with Gasteiger partial charge in [-0.3, -0.25) is 0 Å². The first-order chi connectivity index (χ1) is 6.35. The summed E-state index contributed by atoms with van der Waals surface area (Å²) in [5.74, 6) is 1.14. The molecule has 0 heterocycles. The van der Waals surface area contributed by atoms with Gasteiger partial charge in [-0.2, -0.15) is 11.8 Å². The summed E-state index contributed by atoms with van der Waals surface area (Å²) in [6.45, 7) is 7.17. The minimum Gasteiger partial charge on any atom is -0.380 e. The van der Waals surface area contributed by atoms with Crippen LogP contribution in [0.2, 0.25) is 0 Å². The summed E-state index contributed by atoms with van der Waals surface area (Å²) < 4.78 is 5.52. The monoisotopic (exact) mass is 205 g/mol. The maximum absolute atomic E-state index is 5.52. The summed E-state index contributed by atoms with van der Waals surface area (Å²) in [6.07, 6.45) is 4.44. The molecular weight excluding hydrogens is 182 g/mol. The van der Waals surface area contributed by atoms with Gasteiger partial charge in [-0.25, -0.2) is 0 Å². The van der Waals surface area contributed by atoms with Crippen molar-refractivity contribution in [3.63, 3.8) is 0 Å². The maximum atomic E-state index is 5.52. The molecule has 0 aromatic rings. The predicted molar refractivity (Wildman–Crippen MR) is 61.6 cm³/mol. The van der Waals surface area contributed by atoms with Gasteiger partial charge in [0.2, 0.25) is 0 Å². The van der Waals surface area contributed by atoms with E-state index in [0.717, 1.165) is 31.9 Å². The lowest BCUT2D eigenvalue weighted by Gasteiger charge is -2.17. The van der Waals surface area contributed by atoms with Crippen LogP contribution in [0.15, 0.2) is 0 Å². The topological polar surface area (TPSA) is 21.3 Å². The fourth-order valence-electron chi connectivity index (χ4n) is 1.09. The largest absolute Gasteiger partial charge is 0.380 e. The summed E-state index contributed by atoms with van der Waals surface area (Å²) in [6, 6.07) is 0.529. The van der Waals surface area contributed by atoms with E-state index in [1.54, 1.807) is 0 Å². The summed E-state index contributed by atoms with van der Waals surface area (Å²) in [4.78, 5) is 0. The number of ether oxygens (including phenoxy) is 1. The van der Waals surface area contributed by atoms with E-state index in [0.29, 0.717) is 6.04 Å². The lowest BCUT2D eigenvalue weighted by Crippen LogP contribution is -2.36. The molecule has 0 rings (SSSR count). The third kappa shape index (κ3) is 8.60. The van der Waals surface area contributed by atoms with Gasteiger partial charge in [0, 0.05) is 18.4 Å². The third-order valence-corrected chi connectivity index (χ3v) is 2.45. The lowest BCUT2D eigenvalue weighted by molar-refractivity contribution is 0.117. The SMILES string of the molecule is CCCNC(COCCC)CSC. The molecule has 0 aliphatic carbocycles. The van der Waals surface area contributed by atoms with Gasteiger partial charge < -0.3 is 10.1 Å². The third-order valence-electron chi connectivity index (χ3n) is 1.72. The Balaban J connectivity index is 3.41. The fourth-order valence-corrected chi connectivity index (χ4v) is 1.70. The Hall–Kier alpha value is 0.270. The molecule has 0 aromatic heterocycles. The molecule has 80 valence electrons. The van der Waals surface area contributed by atoms with Crippen LogP contribution in [0.4, 0.5) is 0 Å². The van der Waals surface area contributed by atoms with Crippen LogP contribution in [0.3, 0.4) is 0 Å². The smallest absolute Gasteiger partial charge is 0.0627 e. The highest BCUT2D eigenvalue weighted by atomic mass is 32.2. The van der Waals surface area contributed by atoms with Crippen molar-refractivity contribution in [1.82, 2.24) is 5.32 Å². The van der Waals surface area contributed by atoms with E-state index in [1.165, 1.54) is 6.42 Å². The van der Waals surface area contributed by atoms with Crippen LogP contribution in [0.5, 0.6) is 0 Å². The van der Waals surface area contributed by atoms with Crippen LogP contribution in [0.25, 0.3) is 0 Å². The molecule has 0 fully saturated rings. The molecule has 0 saturated heterocycles. The minimum atomic E-state index is 0.529. The van der Waals surface area contributed by atoms with Crippen molar-refractivity contribution in [3.8, 4) is 0 Å². The standard InChI is InChI=1S/C10H23NOS/c1-4-6-11-10(9-13-3)8-12-7-5-2/h10-11H,4-9H2,1-3H3. The minimum absolute atomic E-state index is 0.529. The lowest BCUT2D eigenvalue weighted by atomic mass is 10.3. The van der Waals surface area contributed by atoms with E-state index < -0.39 is 0 Å². The summed E-state index contributed by atoms with van der Waals surface area (Å²) in [7, 11) is 0. The zero-order valence-corrected chi connectivity index (χ0v) is 9.95. The van der Waals surface area contributed by atoms with Gasteiger partial charge in [0.05, 0.1) is 6.61 Å². The van der Waals surface area contributed by atoms with Crippen molar-refractivity contribution in [2.24, 2.45) is 0 Å². The van der Waals surface area contributed by atoms with E-state index in [4.69, 9.17) is 4.74 Å². The molecule has 0 aromatic carbocycles. The summed E-state index contributed by atoms with van der Waals surface area (Å²) >= 11 is 1.88. The molecule has 0 aliphatic heterocycles. The van der Waals surface area contributed by atoms with Crippen LogP contribution >= 0.6 is 11.8 Å². The van der Waals surface area contributed by atoms with Crippen LogP contribution < -0.4 is 5.32 Å². The highest BCUT2D eigenvalue weighted by Gasteiger charge is 2.05. The average molecular weight is 205 g/mol. The molecule has 0 bridgehead atoms. The van der Waals surface area contributed by atoms with Crippen molar-refractivity contribution in [1.29, 1.82) is 0 Å². The van der Waals surface area contributed by atoms with Gasteiger partial charge in [-0.1, -0.05) is 13.8 Å². The molecule has 0 amide bonds. The molecule has 3 heteroatoms. The van der Waals surface area contributed by atoms with Gasteiger partial charge in [0.15, 0.2) is 0 Å². The van der Waals surface area contributed by atoms with E-state index in [1.807, 2.05) is 11.8 Å². The van der Waals surface area contributed by atoms with Crippen molar-refractivity contribution >= 4 is 11.8 Å². The second-order valence-electron chi connectivity index (χ2n) is 3.18. The maximum Gasteiger partial charge on any atom is 0.0627 e. The van der Waals surface area contributed by atoms with Gasteiger partial charge in [0.1, 0.15) is 0 Å².